The van der Waals surface area contributed by atoms with Gasteiger partial charge in [0, 0.05) is 24.5 Å². The number of ether oxygens (including phenoxy) is 1. The summed E-state index contributed by atoms with van der Waals surface area (Å²) in [4.78, 5) is 14.0. The molecule has 1 amide bonds. The van der Waals surface area contributed by atoms with E-state index in [9.17, 15) is 13.2 Å². The van der Waals surface area contributed by atoms with E-state index in [0.717, 1.165) is 12.0 Å². The van der Waals surface area contributed by atoms with Gasteiger partial charge in [-0.15, -0.1) is 0 Å². The highest BCUT2D eigenvalue weighted by molar-refractivity contribution is 9.08. The minimum Gasteiger partial charge on any atom is -0.444 e. The maximum absolute atomic E-state index is 12.6. The summed E-state index contributed by atoms with van der Waals surface area (Å²) in [6.45, 7) is 6.32. The maximum atomic E-state index is 12.6. The van der Waals surface area contributed by atoms with E-state index in [0.29, 0.717) is 24.8 Å². The van der Waals surface area contributed by atoms with Crippen LogP contribution in [0.4, 0.5) is 4.79 Å². The minimum absolute atomic E-state index is 0.235. The van der Waals surface area contributed by atoms with Gasteiger partial charge in [-0.3, -0.25) is 0 Å². The molecule has 0 spiro atoms. The smallest absolute Gasteiger partial charge is 0.410 e. The van der Waals surface area contributed by atoms with Crippen LogP contribution in [0.1, 0.15) is 39.2 Å². The predicted octanol–water partition coefficient (Wildman–Crippen LogP) is 3.26. The summed E-state index contributed by atoms with van der Waals surface area (Å²) in [6.07, 6.45) is 1.02. The van der Waals surface area contributed by atoms with E-state index >= 15 is 0 Å². The van der Waals surface area contributed by atoms with Gasteiger partial charge in [-0.25, -0.2) is 17.9 Å². The van der Waals surface area contributed by atoms with Crippen LogP contribution in [0.3, 0.4) is 0 Å². The third-order valence-electron chi connectivity index (χ3n) is 3.76. The highest BCUT2D eigenvalue weighted by atomic mass is 79.9. The number of benzene rings is 1. The summed E-state index contributed by atoms with van der Waals surface area (Å²) < 4.78 is 33.3. The van der Waals surface area contributed by atoms with Crippen molar-refractivity contribution < 1.29 is 17.9 Å². The number of carbonyl (C=O) groups excluding carboxylic acids is 1. The highest BCUT2D eigenvalue weighted by Gasteiger charge is 2.30. The molecule has 0 radical (unpaired) electrons. The van der Waals surface area contributed by atoms with Gasteiger partial charge in [-0.1, -0.05) is 28.1 Å². The van der Waals surface area contributed by atoms with Crippen molar-refractivity contribution in [1.82, 2.24) is 9.62 Å². The molecular formula is C17H25BrN2O4S. The van der Waals surface area contributed by atoms with Crippen LogP contribution in [0, 0.1) is 0 Å². The molecular weight excluding hydrogens is 408 g/mol. The summed E-state index contributed by atoms with van der Waals surface area (Å²) in [5, 5.41) is 0.589. The van der Waals surface area contributed by atoms with E-state index < -0.39 is 21.7 Å². The van der Waals surface area contributed by atoms with Gasteiger partial charge >= 0.3 is 6.09 Å². The Morgan fingerprint density at radius 1 is 1.40 bits per heavy atom. The van der Waals surface area contributed by atoms with Crippen LogP contribution in [0.5, 0.6) is 0 Å². The number of hydrogen-bond donors (Lipinski definition) is 1. The number of nitrogens with zero attached hydrogens (tertiary/aromatic N) is 1. The summed E-state index contributed by atoms with van der Waals surface area (Å²) in [6, 6.07) is 6.48. The first-order valence-electron chi connectivity index (χ1n) is 8.26. The van der Waals surface area contributed by atoms with Gasteiger partial charge in [-0.05, 0) is 51.3 Å². The molecule has 6 nitrogen and oxygen atoms in total. The van der Waals surface area contributed by atoms with Gasteiger partial charge in [0.05, 0.1) is 4.90 Å². The van der Waals surface area contributed by atoms with E-state index in [-0.39, 0.29) is 10.9 Å². The number of amides is 1. The Hall–Kier alpha value is -1.12. The SMILES string of the molecule is CC(C)(C)OC(=O)N1CCCC(NS(=O)(=O)c2cccc(CBr)c2)C1. The molecule has 1 fully saturated rings. The van der Waals surface area contributed by atoms with Gasteiger partial charge in [-0.2, -0.15) is 0 Å². The second-order valence-electron chi connectivity index (χ2n) is 7.17. The normalized spacial score (nSPS) is 18.9. The van der Waals surface area contributed by atoms with Crippen molar-refractivity contribution in [1.29, 1.82) is 0 Å². The van der Waals surface area contributed by atoms with E-state index in [2.05, 4.69) is 20.7 Å². The fourth-order valence-corrected chi connectivity index (χ4v) is 4.33. The third kappa shape index (κ3) is 5.97. The Kier molecular flexibility index (Phi) is 6.51. The first-order chi connectivity index (χ1) is 11.6. The zero-order valence-corrected chi connectivity index (χ0v) is 17.2. The Balaban J connectivity index is 2.05. The molecule has 1 aliphatic rings. The van der Waals surface area contributed by atoms with E-state index in [1.165, 1.54) is 0 Å². The molecule has 140 valence electrons. The number of nitrogens with one attached hydrogen (secondary N) is 1. The molecule has 1 N–H and O–H groups in total. The minimum atomic E-state index is -3.63. The predicted molar refractivity (Wildman–Crippen MR) is 100 cm³/mol. The lowest BCUT2D eigenvalue weighted by Crippen LogP contribution is -2.50. The van der Waals surface area contributed by atoms with Crippen molar-refractivity contribution in [2.75, 3.05) is 13.1 Å². The average Bonchev–Trinajstić information content (AvgIpc) is 2.53. The summed E-state index contributed by atoms with van der Waals surface area (Å²) in [5.74, 6) is 0. The number of rotatable bonds is 4. The van der Waals surface area contributed by atoms with Gasteiger partial charge in [0.1, 0.15) is 5.60 Å². The zero-order valence-electron chi connectivity index (χ0n) is 14.8. The molecule has 0 saturated carbocycles. The van der Waals surface area contributed by atoms with Crippen molar-refractivity contribution in [3.8, 4) is 0 Å². The molecule has 8 heteroatoms. The molecule has 0 bridgehead atoms. The second-order valence-corrected chi connectivity index (χ2v) is 9.44. The number of carbonyl (C=O) groups is 1. The van der Waals surface area contributed by atoms with E-state index in [1.54, 1.807) is 23.1 Å². The first kappa shape index (κ1) is 20.2. The standard InChI is InChI=1S/C17H25BrN2O4S/c1-17(2,3)24-16(21)20-9-5-7-14(12-20)19-25(22,23)15-8-4-6-13(10-15)11-18/h4,6,8,10,14,19H,5,7,9,11-12H2,1-3H3. The summed E-state index contributed by atoms with van der Waals surface area (Å²) in [7, 11) is -3.63. The van der Waals surface area contributed by atoms with Crippen LogP contribution >= 0.6 is 15.9 Å². The second kappa shape index (κ2) is 8.05. The lowest BCUT2D eigenvalue weighted by atomic mass is 10.1. The van der Waals surface area contributed by atoms with E-state index in [4.69, 9.17) is 4.74 Å². The molecule has 1 saturated heterocycles. The van der Waals surface area contributed by atoms with Crippen molar-refractivity contribution >= 4 is 32.0 Å². The number of hydrogen-bond acceptors (Lipinski definition) is 4. The van der Waals surface area contributed by atoms with Crippen LogP contribution in [0.2, 0.25) is 0 Å². The van der Waals surface area contributed by atoms with Crippen LogP contribution in [0.15, 0.2) is 29.2 Å². The Bertz CT molecular complexity index is 716. The van der Waals surface area contributed by atoms with Crippen LogP contribution in [-0.4, -0.2) is 44.1 Å². The van der Waals surface area contributed by atoms with Gasteiger partial charge in [0.25, 0.3) is 0 Å². The Morgan fingerprint density at radius 2 is 2.12 bits per heavy atom. The van der Waals surface area contributed by atoms with Gasteiger partial charge in [0.15, 0.2) is 0 Å². The number of likely N-dealkylation sites (tertiary alicyclic amines) is 1. The third-order valence-corrected chi connectivity index (χ3v) is 5.92. The molecule has 1 aromatic carbocycles. The Morgan fingerprint density at radius 3 is 2.76 bits per heavy atom. The number of alkyl halides is 1. The maximum Gasteiger partial charge on any atom is 0.410 e. The average molecular weight is 433 g/mol. The fourth-order valence-electron chi connectivity index (χ4n) is 2.65. The zero-order chi connectivity index (χ0) is 18.7. The molecule has 1 heterocycles. The molecule has 2 rings (SSSR count). The topological polar surface area (TPSA) is 75.7 Å². The lowest BCUT2D eigenvalue weighted by molar-refractivity contribution is 0.0195. The lowest BCUT2D eigenvalue weighted by Gasteiger charge is -2.34. The molecule has 0 aliphatic carbocycles. The van der Waals surface area contributed by atoms with Crippen LogP contribution in [0.25, 0.3) is 0 Å². The largest absolute Gasteiger partial charge is 0.444 e. The summed E-state index contributed by atoms with van der Waals surface area (Å²) in [5.41, 5.74) is 0.321. The fraction of sp³-hybridized carbons (Fsp3) is 0.588. The molecule has 1 unspecified atom stereocenters. The molecule has 1 atom stereocenters. The first-order valence-corrected chi connectivity index (χ1v) is 10.9. The number of piperidine rings is 1. The number of halogens is 1. The van der Waals surface area contributed by atoms with Crippen LogP contribution < -0.4 is 4.72 Å². The number of sulfonamides is 1. The van der Waals surface area contributed by atoms with E-state index in [1.807, 2.05) is 26.8 Å². The van der Waals surface area contributed by atoms with Crippen molar-refractivity contribution in [2.24, 2.45) is 0 Å². The van der Waals surface area contributed by atoms with Crippen molar-refractivity contribution in [3.63, 3.8) is 0 Å². The Labute approximate surface area is 158 Å². The van der Waals surface area contributed by atoms with Crippen molar-refractivity contribution in [3.05, 3.63) is 29.8 Å². The highest BCUT2D eigenvalue weighted by Crippen LogP contribution is 2.18. The molecule has 25 heavy (non-hydrogen) atoms. The van der Waals surface area contributed by atoms with Gasteiger partial charge < -0.3 is 9.64 Å². The molecule has 1 aromatic rings. The summed E-state index contributed by atoms with van der Waals surface area (Å²) >= 11 is 3.33. The van der Waals surface area contributed by atoms with Crippen LogP contribution in [-0.2, 0) is 20.1 Å². The molecule has 0 aromatic heterocycles. The van der Waals surface area contributed by atoms with Crippen molar-refractivity contribution in [2.45, 2.75) is 55.5 Å². The monoisotopic (exact) mass is 432 g/mol. The quantitative estimate of drug-likeness (QED) is 0.740. The molecule has 1 aliphatic heterocycles. The van der Waals surface area contributed by atoms with Gasteiger partial charge in [0.2, 0.25) is 10.0 Å².